The van der Waals surface area contributed by atoms with E-state index in [1.807, 2.05) is 61.5 Å². The first-order valence-electron chi connectivity index (χ1n) is 9.05. The van der Waals surface area contributed by atoms with Crippen LogP contribution in [-0.4, -0.2) is 37.0 Å². The van der Waals surface area contributed by atoms with Gasteiger partial charge in [0.2, 0.25) is 0 Å². The molecule has 0 aromatic heterocycles. The van der Waals surface area contributed by atoms with Crippen molar-refractivity contribution in [2.45, 2.75) is 25.4 Å². The minimum Gasteiger partial charge on any atom is -0.359 e. The van der Waals surface area contributed by atoms with E-state index in [0.717, 1.165) is 36.6 Å². The number of ether oxygens (including phenoxy) is 1. The number of benzene rings is 2. The number of para-hydroxylation sites is 2. The van der Waals surface area contributed by atoms with Gasteiger partial charge >= 0.3 is 0 Å². The molecule has 0 saturated carbocycles. The highest BCUT2D eigenvalue weighted by molar-refractivity contribution is 6.11. The standard InChI is InChI=1S/C21H24N2O2/c1-21(25-16-15-22-13-7-8-14-22)18-11-5-6-12-19(18)23(20(21)24)17-9-3-2-4-10-17/h2-6,9-12H,7-8,13-16H2,1H3. The smallest absolute Gasteiger partial charge is 0.268 e. The Hall–Kier alpha value is -2.17. The third-order valence-electron chi connectivity index (χ3n) is 5.28. The van der Waals surface area contributed by atoms with E-state index in [2.05, 4.69) is 4.90 Å². The molecule has 0 aliphatic carbocycles. The Morgan fingerprint density at radius 3 is 2.44 bits per heavy atom. The quantitative estimate of drug-likeness (QED) is 0.835. The average molecular weight is 336 g/mol. The van der Waals surface area contributed by atoms with Crippen LogP contribution in [0.4, 0.5) is 11.4 Å². The number of carbonyl (C=O) groups excluding carboxylic acids is 1. The second-order valence-corrected chi connectivity index (χ2v) is 6.92. The van der Waals surface area contributed by atoms with Gasteiger partial charge in [-0.1, -0.05) is 36.4 Å². The Labute approximate surface area is 149 Å². The maximum Gasteiger partial charge on any atom is 0.268 e. The molecule has 1 fully saturated rings. The molecule has 2 aromatic rings. The zero-order chi connectivity index (χ0) is 17.3. The van der Waals surface area contributed by atoms with E-state index < -0.39 is 5.60 Å². The maximum atomic E-state index is 13.3. The fourth-order valence-corrected chi connectivity index (χ4v) is 3.87. The summed E-state index contributed by atoms with van der Waals surface area (Å²) >= 11 is 0. The first kappa shape index (κ1) is 16.3. The Morgan fingerprint density at radius 1 is 1.00 bits per heavy atom. The molecule has 4 rings (SSSR count). The molecule has 0 radical (unpaired) electrons. The molecule has 0 spiro atoms. The topological polar surface area (TPSA) is 32.8 Å². The highest BCUT2D eigenvalue weighted by Gasteiger charge is 2.49. The van der Waals surface area contributed by atoms with Crippen molar-refractivity contribution in [3.63, 3.8) is 0 Å². The highest BCUT2D eigenvalue weighted by Crippen LogP contribution is 2.45. The molecule has 130 valence electrons. The summed E-state index contributed by atoms with van der Waals surface area (Å²) in [4.78, 5) is 17.5. The van der Waals surface area contributed by atoms with Crippen LogP contribution >= 0.6 is 0 Å². The number of amides is 1. The molecule has 0 N–H and O–H groups in total. The van der Waals surface area contributed by atoms with Crippen LogP contribution in [0, 0.1) is 0 Å². The molecule has 4 heteroatoms. The monoisotopic (exact) mass is 336 g/mol. The van der Waals surface area contributed by atoms with Crippen molar-refractivity contribution >= 4 is 17.3 Å². The van der Waals surface area contributed by atoms with Crippen LogP contribution in [0.25, 0.3) is 0 Å². The minimum atomic E-state index is -0.924. The van der Waals surface area contributed by atoms with Gasteiger partial charge in [0.25, 0.3) is 5.91 Å². The van der Waals surface area contributed by atoms with E-state index in [1.165, 1.54) is 12.8 Å². The van der Waals surface area contributed by atoms with E-state index in [9.17, 15) is 4.79 Å². The van der Waals surface area contributed by atoms with Crippen molar-refractivity contribution in [2.24, 2.45) is 0 Å². The second-order valence-electron chi connectivity index (χ2n) is 6.92. The lowest BCUT2D eigenvalue weighted by Gasteiger charge is -2.26. The fourth-order valence-electron chi connectivity index (χ4n) is 3.87. The number of nitrogens with zero attached hydrogens (tertiary/aromatic N) is 2. The van der Waals surface area contributed by atoms with Gasteiger partial charge in [-0.25, -0.2) is 0 Å². The van der Waals surface area contributed by atoms with Gasteiger partial charge in [0, 0.05) is 17.8 Å². The summed E-state index contributed by atoms with van der Waals surface area (Å²) in [5, 5.41) is 0. The summed E-state index contributed by atoms with van der Waals surface area (Å²) in [6.07, 6.45) is 2.53. The van der Waals surface area contributed by atoms with Crippen LogP contribution in [0.2, 0.25) is 0 Å². The summed E-state index contributed by atoms with van der Waals surface area (Å²) in [5.74, 6) is -0.0127. The number of carbonyl (C=O) groups is 1. The van der Waals surface area contributed by atoms with E-state index >= 15 is 0 Å². The van der Waals surface area contributed by atoms with Crippen molar-refractivity contribution in [3.05, 3.63) is 60.2 Å². The molecule has 4 nitrogen and oxygen atoms in total. The van der Waals surface area contributed by atoms with Gasteiger partial charge in [0.05, 0.1) is 12.3 Å². The molecule has 2 heterocycles. The third-order valence-corrected chi connectivity index (χ3v) is 5.28. The van der Waals surface area contributed by atoms with Gasteiger partial charge in [-0.3, -0.25) is 9.69 Å². The van der Waals surface area contributed by atoms with Crippen molar-refractivity contribution in [3.8, 4) is 0 Å². The van der Waals surface area contributed by atoms with Crippen LogP contribution in [-0.2, 0) is 15.1 Å². The van der Waals surface area contributed by atoms with Gasteiger partial charge in [0.15, 0.2) is 5.60 Å². The number of hydrogen-bond acceptors (Lipinski definition) is 3. The Kier molecular flexibility index (Phi) is 4.32. The third kappa shape index (κ3) is 2.86. The predicted molar refractivity (Wildman–Crippen MR) is 99.0 cm³/mol. The van der Waals surface area contributed by atoms with E-state index in [4.69, 9.17) is 4.74 Å². The maximum absolute atomic E-state index is 13.3. The largest absolute Gasteiger partial charge is 0.359 e. The molecule has 25 heavy (non-hydrogen) atoms. The molecule has 0 bridgehead atoms. The lowest BCUT2D eigenvalue weighted by Crippen LogP contribution is -2.40. The number of rotatable bonds is 5. The summed E-state index contributed by atoms with van der Waals surface area (Å²) in [7, 11) is 0. The van der Waals surface area contributed by atoms with Gasteiger partial charge in [-0.15, -0.1) is 0 Å². The second kappa shape index (κ2) is 6.62. The molecule has 1 atom stereocenters. The molecule has 2 aliphatic rings. The number of likely N-dealkylation sites (tertiary alicyclic amines) is 1. The first-order chi connectivity index (χ1) is 12.2. The average Bonchev–Trinajstić information content (AvgIpc) is 3.23. The normalized spacial score (nSPS) is 23.2. The lowest BCUT2D eigenvalue weighted by molar-refractivity contribution is -0.141. The summed E-state index contributed by atoms with van der Waals surface area (Å²) in [6.45, 7) is 5.64. The van der Waals surface area contributed by atoms with E-state index in [0.29, 0.717) is 6.61 Å². The van der Waals surface area contributed by atoms with Crippen molar-refractivity contribution < 1.29 is 9.53 Å². The summed E-state index contributed by atoms with van der Waals surface area (Å²) < 4.78 is 6.21. The first-order valence-corrected chi connectivity index (χ1v) is 9.05. The zero-order valence-corrected chi connectivity index (χ0v) is 14.6. The van der Waals surface area contributed by atoms with Crippen LogP contribution in [0.1, 0.15) is 25.3 Å². The zero-order valence-electron chi connectivity index (χ0n) is 14.6. The van der Waals surface area contributed by atoms with Crippen LogP contribution in [0.15, 0.2) is 54.6 Å². The molecule has 1 saturated heterocycles. The van der Waals surface area contributed by atoms with Crippen LogP contribution in [0.5, 0.6) is 0 Å². The van der Waals surface area contributed by atoms with Crippen molar-refractivity contribution in [1.29, 1.82) is 0 Å². The number of hydrogen-bond donors (Lipinski definition) is 0. The Balaban J connectivity index is 1.60. The highest BCUT2D eigenvalue weighted by atomic mass is 16.5. The van der Waals surface area contributed by atoms with Gasteiger partial charge in [0.1, 0.15) is 0 Å². The van der Waals surface area contributed by atoms with E-state index in [-0.39, 0.29) is 5.91 Å². The molecule has 2 aromatic carbocycles. The SMILES string of the molecule is CC1(OCCN2CCCC2)C(=O)N(c2ccccc2)c2ccccc21. The molecule has 1 unspecified atom stereocenters. The predicted octanol–water partition coefficient (Wildman–Crippen LogP) is 3.69. The fraction of sp³-hybridized carbons (Fsp3) is 0.381. The number of anilines is 2. The number of fused-ring (bicyclic) bond motifs is 1. The molecule has 1 amide bonds. The van der Waals surface area contributed by atoms with Crippen LogP contribution in [0.3, 0.4) is 0 Å². The lowest BCUT2D eigenvalue weighted by atomic mass is 9.97. The van der Waals surface area contributed by atoms with Gasteiger partial charge in [-0.2, -0.15) is 0 Å². The summed E-state index contributed by atoms with van der Waals surface area (Å²) in [5.41, 5.74) is 1.83. The molecular formula is C21H24N2O2. The molecule has 2 aliphatic heterocycles. The molecular weight excluding hydrogens is 312 g/mol. The van der Waals surface area contributed by atoms with E-state index in [1.54, 1.807) is 4.90 Å². The van der Waals surface area contributed by atoms with Crippen molar-refractivity contribution in [2.75, 3.05) is 31.1 Å². The Morgan fingerprint density at radius 2 is 1.68 bits per heavy atom. The van der Waals surface area contributed by atoms with Crippen molar-refractivity contribution in [1.82, 2.24) is 4.90 Å². The van der Waals surface area contributed by atoms with Gasteiger partial charge < -0.3 is 9.64 Å². The van der Waals surface area contributed by atoms with Crippen LogP contribution < -0.4 is 4.90 Å². The minimum absolute atomic E-state index is 0.0127. The Bertz CT molecular complexity index is 756. The summed E-state index contributed by atoms with van der Waals surface area (Å²) in [6, 6.07) is 17.7. The van der Waals surface area contributed by atoms with Gasteiger partial charge in [-0.05, 0) is 51.1 Å².